The molecule has 20 heavy (non-hydrogen) atoms. The smallest absolute Gasteiger partial charge is 0.245 e. The number of ether oxygens (including phenoxy) is 1. The van der Waals surface area contributed by atoms with E-state index in [9.17, 15) is 0 Å². The third kappa shape index (κ3) is 2.40. The molecule has 0 saturated carbocycles. The van der Waals surface area contributed by atoms with E-state index in [2.05, 4.69) is 20.4 Å². The molecule has 0 aliphatic heterocycles. The van der Waals surface area contributed by atoms with E-state index in [0.29, 0.717) is 18.3 Å². The van der Waals surface area contributed by atoms with Gasteiger partial charge in [0, 0.05) is 11.6 Å². The van der Waals surface area contributed by atoms with Crippen molar-refractivity contribution in [1.29, 1.82) is 0 Å². The molecular weight excluding hydrogens is 256 g/mol. The molecule has 1 aromatic carbocycles. The van der Waals surface area contributed by atoms with Crippen LogP contribution in [0.4, 0.5) is 5.82 Å². The van der Waals surface area contributed by atoms with Crippen LogP contribution in [0.2, 0.25) is 0 Å². The largest absolute Gasteiger partial charge is 0.497 e. The maximum absolute atomic E-state index is 5.22. The molecule has 0 aliphatic rings. The number of benzene rings is 1. The zero-order chi connectivity index (χ0) is 13.9. The first kappa shape index (κ1) is 12.4. The summed E-state index contributed by atoms with van der Waals surface area (Å²) in [5, 5.41) is 9.03. The summed E-state index contributed by atoms with van der Waals surface area (Å²) in [5.74, 6) is 2.76. The lowest BCUT2D eigenvalue weighted by atomic mass is 10.1. The van der Waals surface area contributed by atoms with Crippen molar-refractivity contribution in [3.8, 4) is 5.75 Å². The maximum Gasteiger partial charge on any atom is 0.245 e. The SMILES string of the molecule is COc1ccc2c(NCc3nc(C)no3)nccc2c1. The molecule has 102 valence electrons. The number of aryl methyl sites for hydroxylation is 1. The molecule has 6 nitrogen and oxygen atoms in total. The summed E-state index contributed by atoms with van der Waals surface area (Å²) in [7, 11) is 1.65. The van der Waals surface area contributed by atoms with Crippen LogP contribution in [0.3, 0.4) is 0 Å². The molecule has 0 unspecified atom stereocenters. The number of pyridine rings is 1. The van der Waals surface area contributed by atoms with Crippen LogP contribution in [0.1, 0.15) is 11.7 Å². The summed E-state index contributed by atoms with van der Waals surface area (Å²) in [6.07, 6.45) is 1.75. The molecule has 0 bridgehead atoms. The molecule has 0 saturated heterocycles. The summed E-state index contributed by atoms with van der Waals surface area (Å²) >= 11 is 0. The fraction of sp³-hybridized carbons (Fsp3) is 0.214. The Morgan fingerprint density at radius 1 is 1.30 bits per heavy atom. The second-order valence-electron chi connectivity index (χ2n) is 4.34. The molecule has 0 fully saturated rings. The lowest BCUT2D eigenvalue weighted by Crippen LogP contribution is -2.02. The lowest BCUT2D eigenvalue weighted by Gasteiger charge is -2.08. The van der Waals surface area contributed by atoms with Gasteiger partial charge in [0.25, 0.3) is 0 Å². The van der Waals surface area contributed by atoms with Gasteiger partial charge in [0.2, 0.25) is 5.89 Å². The van der Waals surface area contributed by atoms with Crippen LogP contribution < -0.4 is 10.1 Å². The average Bonchev–Trinajstić information content (AvgIpc) is 2.90. The van der Waals surface area contributed by atoms with Gasteiger partial charge in [-0.25, -0.2) is 4.98 Å². The number of aromatic nitrogens is 3. The minimum atomic E-state index is 0.443. The van der Waals surface area contributed by atoms with Gasteiger partial charge in [-0.05, 0) is 36.6 Å². The van der Waals surface area contributed by atoms with Gasteiger partial charge in [-0.1, -0.05) is 5.16 Å². The molecule has 0 amide bonds. The number of nitrogens with zero attached hydrogens (tertiary/aromatic N) is 3. The first-order valence-electron chi connectivity index (χ1n) is 6.22. The van der Waals surface area contributed by atoms with Crippen molar-refractivity contribution in [2.24, 2.45) is 0 Å². The van der Waals surface area contributed by atoms with Crippen LogP contribution in [-0.2, 0) is 6.54 Å². The van der Waals surface area contributed by atoms with Crippen molar-refractivity contribution >= 4 is 16.6 Å². The topological polar surface area (TPSA) is 73.1 Å². The van der Waals surface area contributed by atoms with Crippen molar-refractivity contribution in [2.75, 3.05) is 12.4 Å². The molecule has 3 aromatic rings. The van der Waals surface area contributed by atoms with E-state index in [0.717, 1.165) is 22.3 Å². The molecule has 1 N–H and O–H groups in total. The molecule has 2 aromatic heterocycles. The van der Waals surface area contributed by atoms with Crippen LogP contribution >= 0.6 is 0 Å². The van der Waals surface area contributed by atoms with E-state index in [-0.39, 0.29) is 0 Å². The standard InChI is InChI=1S/C14H14N4O2/c1-9-17-13(20-18-9)8-16-14-12-4-3-11(19-2)7-10(12)5-6-15-14/h3-7H,8H2,1-2H3,(H,15,16). The Morgan fingerprint density at radius 2 is 2.20 bits per heavy atom. The van der Waals surface area contributed by atoms with Crippen molar-refractivity contribution in [2.45, 2.75) is 13.5 Å². The van der Waals surface area contributed by atoms with Gasteiger partial charge in [-0.2, -0.15) is 4.98 Å². The van der Waals surface area contributed by atoms with Gasteiger partial charge in [0.15, 0.2) is 5.82 Å². The highest BCUT2D eigenvalue weighted by molar-refractivity contribution is 5.92. The molecule has 3 rings (SSSR count). The second kappa shape index (κ2) is 5.16. The van der Waals surface area contributed by atoms with Gasteiger partial charge in [-0.15, -0.1) is 0 Å². The number of hydrogen-bond acceptors (Lipinski definition) is 6. The lowest BCUT2D eigenvalue weighted by molar-refractivity contribution is 0.379. The van der Waals surface area contributed by atoms with Gasteiger partial charge in [-0.3, -0.25) is 0 Å². The Labute approximate surface area is 115 Å². The summed E-state index contributed by atoms with van der Waals surface area (Å²) in [4.78, 5) is 8.49. The van der Waals surface area contributed by atoms with E-state index in [1.54, 1.807) is 20.2 Å². The molecular formula is C14H14N4O2. The third-order valence-electron chi connectivity index (χ3n) is 2.95. The number of hydrogen-bond donors (Lipinski definition) is 1. The summed E-state index contributed by atoms with van der Waals surface area (Å²) in [6, 6.07) is 7.80. The summed E-state index contributed by atoms with van der Waals surface area (Å²) in [6.45, 7) is 2.23. The fourth-order valence-electron chi connectivity index (χ4n) is 2.00. The Bertz CT molecular complexity index is 739. The van der Waals surface area contributed by atoms with Gasteiger partial charge < -0.3 is 14.6 Å². The van der Waals surface area contributed by atoms with Gasteiger partial charge in [0.1, 0.15) is 11.6 Å². The van der Waals surface area contributed by atoms with Crippen LogP contribution in [0.25, 0.3) is 10.8 Å². The highest BCUT2D eigenvalue weighted by atomic mass is 16.5. The Balaban J connectivity index is 1.87. The van der Waals surface area contributed by atoms with Gasteiger partial charge in [0.05, 0.1) is 13.7 Å². The monoisotopic (exact) mass is 270 g/mol. The predicted octanol–water partition coefficient (Wildman–Crippen LogP) is 2.55. The highest BCUT2D eigenvalue weighted by Crippen LogP contribution is 2.25. The normalized spacial score (nSPS) is 10.7. The summed E-state index contributed by atoms with van der Waals surface area (Å²) in [5.41, 5.74) is 0. The number of rotatable bonds is 4. The number of methoxy groups -OCH3 is 1. The van der Waals surface area contributed by atoms with Crippen molar-refractivity contribution < 1.29 is 9.26 Å². The van der Waals surface area contributed by atoms with Crippen molar-refractivity contribution in [3.05, 3.63) is 42.2 Å². The van der Waals surface area contributed by atoms with Crippen LogP contribution in [-0.4, -0.2) is 22.2 Å². The molecule has 0 atom stereocenters. The summed E-state index contributed by atoms with van der Waals surface area (Å²) < 4.78 is 10.3. The van der Waals surface area contributed by atoms with E-state index in [4.69, 9.17) is 9.26 Å². The molecule has 0 radical (unpaired) electrons. The average molecular weight is 270 g/mol. The van der Waals surface area contributed by atoms with Crippen LogP contribution in [0.15, 0.2) is 35.0 Å². The minimum absolute atomic E-state index is 0.443. The van der Waals surface area contributed by atoms with E-state index in [1.807, 2.05) is 24.3 Å². The zero-order valence-corrected chi connectivity index (χ0v) is 11.3. The third-order valence-corrected chi connectivity index (χ3v) is 2.95. The molecule has 6 heteroatoms. The number of nitrogens with one attached hydrogen (secondary N) is 1. The Morgan fingerprint density at radius 3 is 2.95 bits per heavy atom. The van der Waals surface area contributed by atoms with Gasteiger partial charge >= 0.3 is 0 Å². The minimum Gasteiger partial charge on any atom is -0.497 e. The molecule has 0 aliphatic carbocycles. The van der Waals surface area contributed by atoms with Crippen LogP contribution in [0.5, 0.6) is 5.75 Å². The van der Waals surface area contributed by atoms with Crippen LogP contribution in [0, 0.1) is 6.92 Å². The highest BCUT2D eigenvalue weighted by Gasteiger charge is 2.06. The van der Waals surface area contributed by atoms with E-state index in [1.165, 1.54) is 0 Å². The molecule has 0 spiro atoms. The second-order valence-corrected chi connectivity index (χ2v) is 4.34. The predicted molar refractivity (Wildman–Crippen MR) is 74.7 cm³/mol. The van der Waals surface area contributed by atoms with Crippen molar-refractivity contribution in [1.82, 2.24) is 15.1 Å². The Hall–Kier alpha value is -2.63. The number of anilines is 1. The molecule has 2 heterocycles. The zero-order valence-electron chi connectivity index (χ0n) is 11.3. The van der Waals surface area contributed by atoms with Crippen molar-refractivity contribution in [3.63, 3.8) is 0 Å². The number of fused-ring (bicyclic) bond motifs is 1. The van der Waals surface area contributed by atoms with E-state index >= 15 is 0 Å². The fourth-order valence-corrected chi connectivity index (χ4v) is 2.00. The Kier molecular flexibility index (Phi) is 3.20. The maximum atomic E-state index is 5.22. The first-order valence-corrected chi connectivity index (χ1v) is 6.22. The first-order chi connectivity index (χ1) is 9.76. The quantitative estimate of drug-likeness (QED) is 0.785. The van der Waals surface area contributed by atoms with E-state index < -0.39 is 0 Å².